The normalized spacial score (nSPS) is 12.7. The van der Waals surface area contributed by atoms with Gasteiger partial charge in [0, 0.05) is 29.4 Å². The molecule has 1 aliphatic rings. The molecule has 3 rings (SSSR count). The molecule has 0 saturated carbocycles. The van der Waals surface area contributed by atoms with E-state index < -0.39 is 0 Å². The van der Waals surface area contributed by atoms with Crippen molar-refractivity contribution in [1.82, 2.24) is 9.78 Å². The zero-order chi connectivity index (χ0) is 16.8. The minimum Gasteiger partial charge on any atom is -0.493 e. The molecule has 1 aromatic heterocycles. The molecule has 2 aromatic rings. The monoisotopic (exact) mass is 350 g/mol. The van der Waals surface area contributed by atoms with Gasteiger partial charge >= 0.3 is 5.97 Å². The van der Waals surface area contributed by atoms with Crippen molar-refractivity contribution in [1.29, 1.82) is 0 Å². The number of carbonyl (C=O) groups excluding carboxylic acids is 1. The number of benzene rings is 1. The summed E-state index contributed by atoms with van der Waals surface area (Å²) in [5, 5.41) is 4.69. The van der Waals surface area contributed by atoms with E-state index in [2.05, 4.69) is 5.10 Å². The molecule has 0 unspecified atom stereocenters. The number of esters is 1. The van der Waals surface area contributed by atoms with E-state index in [9.17, 15) is 4.79 Å². The molecule has 0 aliphatic carbocycles. The zero-order valence-corrected chi connectivity index (χ0v) is 14.0. The summed E-state index contributed by atoms with van der Waals surface area (Å²) in [7, 11) is 0. The van der Waals surface area contributed by atoms with Crippen molar-refractivity contribution < 1.29 is 19.0 Å². The Balaban J connectivity index is 1.37. The van der Waals surface area contributed by atoms with Crippen molar-refractivity contribution in [3.8, 4) is 5.75 Å². The molecule has 0 amide bonds. The third-order valence-corrected chi connectivity index (χ3v) is 3.89. The summed E-state index contributed by atoms with van der Waals surface area (Å²) in [6.45, 7) is 2.41. The molecule has 6 nitrogen and oxygen atoms in total. The van der Waals surface area contributed by atoms with Crippen LogP contribution in [0.4, 0.5) is 0 Å². The Morgan fingerprint density at radius 3 is 3.08 bits per heavy atom. The van der Waals surface area contributed by atoms with Crippen LogP contribution in [0.3, 0.4) is 0 Å². The van der Waals surface area contributed by atoms with E-state index in [4.69, 9.17) is 25.8 Å². The first-order valence-corrected chi connectivity index (χ1v) is 8.25. The highest BCUT2D eigenvalue weighted by molar-refractivity contribution is 6.30. The molecule has 0 radical (unpaired) electrons. The molecule has 0 bridgehead atoms. The van der Waals surface area contributed by atoms with Gasteiger partial charge in [0.15, 0.2) is 0 Å². The molecule has 0 saturated heterocycles. The summed E-state index contributed by atoms with van der Waals surface area (Å²) in [5.41, 5.74) is 1.83. The SMILES string of the molecule is O=C(Cc1cc(Cl)cc2c1OCC2)OCCOCCn1cccn1. The van der Waals surface area contributed by atoms with E-state index in [0.717, 1.165) is 23.3 Å². The number of aromatic nitrogens is 2. The van der Waals surface area contributed by atoms with Crippen LogP contribution in [0.15, 0.2) is 30.6 Å². The van der Waals surface area contributed by atoms with Gasteiger partial charge in [-0.15, -0.1) is 0 Å². The van der Waals surface area contributed by atoms with Gasteiger partial charge in [0.1, 0.15) is 12.4 Å². The highest BCUT2D eigenvalue weighted by Crippen LogP contribution is 2.33. The predicted molar refractivity (Wildman–Crippen MR) is 88.4 cm³/mol. The topological polar surface area (TPSA) is 62.6 Å². The molecule has 0 spiro atoms. The lowest BCUT2D eigenvalue weighted by Crippen LogP contribution is -2.15. The quantitative estimate of drug-likeness (QED) is 0.540. The van der Waals surface area contributed by atoms with E-state index in [1.807, 2.05) is 18.3 Å². The van der Waals surface area contributed by atoms with Crippen LogP contribution in [0.2, 0.25) is 5.02 Å². The molecular formula is C17H19ClN2O4. The van der Waals surface area contributed by atoms with Crippen LogP contribution in [0, 0.1) is 0 Å². The molecule has 0 N–H and O–H groups in total. The molecule has 2 heterocycles. The summed E-state index contributed by atoms with van der Waals surface area (Å²) < 4.78 is 18.0. The van der Waals surface area contributed by atoms with Crippen LogP contribution in [0.5, 0.6) is 5.75 Å². The Labute approximate surface area is 145 Å². The first-order valence-electron chi connectivity index (χ1n) is 7.87. The maximum absolute atomic E-state index is 12.0. The number of ether oxygens (including phenoxy) is 3. The van der Waals surface area contributed by atoms with Gasteiger partial charge in [0.2, 0.25) is 0 Å². The average Bonchev–Trinajstić information content (AvgIpc) is 3.21. The van der Waals surface area contributed by atoms with Crippen LogP contribution in [0.1, 0.15) is 11.1 Å². The van der Waals surface area contributed by atoms with Gasteiger partial charge in [-0.2, -0.15) is 5.10 Å². The van der Waals surface area contributed by atoms with E-state index >= 15 is 0 Å². The van der Waals surface area contributed by atoms with Crippen molar-refractivity contribution in [2.24, 2.45) is 0 Å². The average molecular weight is 351 g/mol. The number of nitrogens with zero attached hydrogens (tertiary/aromatic N) is 2. The fourth-order valence-corrected chi connectivity index (χ4v) is 2.85. The summed E-state index contributed by atoms with van der Waals surface area (Å²) >= 11 is 6.08. The second kappa shape index (κ2) is 8.17. The highest BCUT2D eigenvalue weighted by Gasteiger charge is 2.19. The van der Waals surface area contributed by atoms with Crippen LogP contribution in [-0.2, 0) is 33.7 Å². The van der Waals surface area contributed by atoms with Gasteiger partial charge in [0.05, 0.1) is 32.8 Å². The van der Waals surface area contributed by atoms with Crippen LogP contribution < -0.4 is 4.74 Å². The largest absolute Gasteiger partial charge is 0.493 e. The fraction of sp³-hybridized carbons (Fsp3) is 0.412. The Morgan fingerprint density at radius 2 is 2.25 bits per heavy atom. The lowest BCUT2D eigenvalue weighted by atomic mass is 10.1. The summed E-state index contributed by atoms with van der Waals surface area (Å²) in [5.74, 6) is 0.456. The van der Waals surface area contributed by atoms with Crippen LogP contribution in [0.25, 0.3) is 0 Å². The Morgan fingerprint density at radius 1 is 1.33 bits per heavy atom. The molecule has 7 heteroatoms. The lowest BCUT2D eigenvalue weighted by Gasteiger charge is -2.09. The van der Waals surface area contributed by atoms with Crippen molar-refractivity contribution in [2.75, 3.05) is 26.4 Å². The smallest absolute Gasteiger partial charge is 0.310 e. The molecule has 0 fully saturated rings. The number of fused-ring (bicyclic) bond motifs is 1. The third-order valence-electron chi connectivity index (χ3n) is 3.67. The number of halogens is 1. The van der Waals surface area contributed by atoms with Crippen LogP contribution >= 0.6 is 11.6 Å². The van der Waals surface area contributed by atoms with Gasteiger partial charge in [-0.1, -0.05) is 11.6 Å². The van der Waals surface area contributed by atoms with Crippen molar-refractivity contribution >= 4 is 17.6 Å². The first-order chi connectivity index (χ1) is 11.7. The van der Waals surface area contributed by atoms with E-state index in [0.29, 0.717) is 31.4 Å². The van der Waals surface area contributed by atoms with E-state index in [-0.39, 0.29) is 19.0 Å². The van der Waals surface area contributed by atoms with Gasteiger partial charge in [-0.3, -0.25) is 9.48 Å². The van der Waals surface area contributed by atoms with Gasteiger partial charge in [-0.25, -0.2) is 0 Å². The van der Waals surface area contributed by atoms with Crippen molar-refractivity contribution in [3.63, 3.8) is 0 Å². The Kier molecular flexibility index (Phi) is 5.72. The number of hydrogen-bond donors (Lipinski definition) is 0. The second-order valence-corrected chi connectivity index (χ2v) is 5.87. The molecule has 128 valence electrons. The van der Waals surface area contributed by atoms with Crippen molar-refractivity contribution in [2.45, 2.75) is 19.4 Å². The maximum atomic E-state index is 12.0. The number of carbonyl (C=O) groups is 1. The molecule has 1 aromatic carbocycles. The molecular weight excluding hydrogens is 332 g/mol. The van der Waals surface area contributed by atoms with E-state index in [1.54, 1.807) is 16.9 Å². The second-order valence-electron chi connectivity index (χ2n) is 5.43. The first kappa shape index (κ1) is 16.8. The fourth-order valence-electron chi connectivity index (χ4n) is 2.59. The van der Waals surface area contributed by atoms with Crippen LogP contribution in [-0.4, -0.2) is 42.2 Å². The summed E-state index contributed by atoms with van der Waals surface area (Å²) in [6, 6.07) is 5.50. The number of rotatable bonds is 8. The minimum atomic E-state index is -0.314. The van der Waals surface area contributed by atoms with E-state index in [1.165, 1.54) is 0 Å². The zero-order valence-electron chi connectivity index (χ0n) is 13.2. The molecule has 1 aliphatic heterocycles. The number of hydrogen-bond acceptors (Lipinski definition) is 5. The minimum absolute atomic E-state index is 0.149. The Hall–Kier alpha value is -2.05. The maximum Gasteiger partial charge on any atom is 0.310 e. The molecule has 24 heavy (non-hydrogen) atoms. The molecule has 0 atom stereocenters. The summed E-state index contributed by atoms with van der Waals surface area (Å²) in [6.07, 6.45) is 4.56. The van der Waals surface area contributed by atoms with Crippen molar-refractivity contribution in [3.05, 3.63) is 46.7 Å². The predicted octanol–water partition coefficient (Wildman–Crippen LogP) is 2.27. The highest BCUT2D eigenvalue weighted by atomic mass is 35.5. The standard InChI is InChI=1S/C17H19ClN2O4/c18-15-10-13-2-6-24-17(13)14(11-15)12-16(21)23-9-8-22-7-5-20-4-1-3-19-20/h1,3-4,10-11H,2,5-9,12H2. The van der Waals surface area contributed by atoms with Gasteiger partial charge in [0.25, 0.3) is 0 Å². The van der Waals surface area contributed by atoms with Gasteiger partial charge < -0.3 is 14.2 Å². The lowest BCUT2D eigenvalue weighted by molar-refractivity contribution is -0.144. The Bertz CT molecular complexity index is 688. The van der Waals surface area contributed by atoms with Gasteiger partial charge in [-0.05, 0) is 23.8 Å². The summed E-state index contributed by atoms with van der Waals surface area (Å²) in [4.78, 5) is 12.0. The third kappa shape index (κ3) is 4.49.